The average Bonchev–Trinajstić information content (AvgIpc) is 2.43. The maximum Gasteiger partial charge on any atom is 0.123 e. The van der Waals surface area contributed by atoms with Gasteiger partial charge in [-0.05, 0) is 68.8 Å². The summed E-state index contributed by atoms with van der Waals surface area (Å²) in [6.45, 7) is 5.99. The molecule has 2 aromatic carbocycles. The molecule has 0 aromatic heterocycles. The van der Waals surface area contributed by atoms with Gasteiger partial charge in [-0.1, -0.05) is 18.2 Å². The summed E-state index contributed by atoms with van der Waals surface area (Å²) in [6.07, 6.45) is 0.129. The lowest BCUT2D eigenvalue weighted by Gasteiger charge is -2.20. The van der Waals surface area contributed by atoms with Gasteiger partial charge in [-0.3, -0.25) is 0 Å². The minimum absolute atomic E-state index is 0.0589. The molecular formula is C18H22FNO. The van der Waals surface area contributed by atoms with Crippen LogP contribution in [0.2, 0.25) is 0 Å². The van der Waals surface area contributed by atoms with Crippen molar-refractivity contribution in [3.63, 3.8) is 0 Å². The lowest BCUT2D eigenvalue weighted by molar-refractivity contribution is 0.242. The number of rotatable bonds is 5. The van der Waals surface area contributed by atoms with Crippen LogP contribution in [0.5, 0.6) is 5.75 Å². The highest BCUT2D eigenvalue weighted by Gasteiger charge is 2.15. The fourth-order valence-corrected chi connectivity index (χ4v) is 2.46. The summed E-state index contributed by atoms with van der Waals surface area (Å²) in [5.41, 5.74) is 3.06. The van der Waals surface area contributed by atoms with Crippen LogP contribution in [-0.4, -0.2) is 13.2 Å². The van der Waals surface area contributed by atoms with Crippen LogP contribution in [0.25, 0.3) is 0 Å². The molecule has 0 radical (unpaired) electrons. The fraction of sp³-hybridized carbons (Fsp3) is 0.333. The minimum atomic E-state index is -0.217. The fourth-order valence-electron chi connectivity index (χ4n) is 2.46. The summed E-state index contributed by atoms with van der Waals surface area (Å²) in [5.74, 6) is 0.613. The molecule has 0 fully saturated rings. The molecular weight excluding hydrogens is 265 g/mol. The maximum atomic E-state index is 13.6. The molecule has 2 nitrogen and oxygen atoms in total. The second-order valence-electron chi connectivity index (χ2n) is 5.46. The molecule has 0 bridgehead atoms. The Morgan fingerprint density at radius 2 is 1.86 bits per heavy atom. The third-order valence-electron chi connectivity index (χ3n) is 3.40. The second-order valence-corrected chi connectivity index (χ2v) is 5.46. The van der Waals surface area contributed by atoms with Crippen LogP contribution >= 0.6 is 0 Å². The number of ether oxygens (including phenoxy) is 1. The molecule has 0 spiro atoms. The topological polar surface area (TPSA) is 21.3 Å². The van der Waals surface area contributed by atoms with Gasteiger partial charge in [-0.15, -0.1) is 0 Å². The quantitative estimate of drug-likeness (QED) is 0.888. The van der Waals surface area contributed by atoms with Gasteiger partial charge in [0.1, 0.15) is 11.6 Å². The summed E-state index contributed by atoms with van der Waals surface area (Å²) in [5, 5.41) is 3.26. The van der Waals surface area contributed by atoms with E-state index in [0.717, 1.165) is 22.4 Å². The lowest BCUT2D eigenvalue weighted by atomic mass is 9.95. The molecule has 0 amide bonds. The monoisotopic (exact) mass is 287 g/mol. The predicted molar refractivity (Wildman–Crippen MR) is 84.2 cm³/mol. The molecule has 2 aromatic rings. The number of aryl methyl sites for hydroxylation is 1. The van der Waals surface area contributed by atoms with Crippen LogP contribution in [-0.2, 0) is 0 Å². The zero-order valence-corrected chi connectivity index (χ0v) is 13.0. The Balaban J connectivity index is 2.39. The molecule has 1 N–H and O–H groups in total. The van der Waals surface area contributed by atoms with E-state index >= 15 is 0 Å². The summed E-state index contributed by atoms with van der Waals surface area (Å²) < 4.78 is 19.3. The molecule has 2 rings (SSSR count). The predicted octanol–water partition coefficient (Wildman–Crippen LogP) is 4.23. The van der Waals surface area contributed by atoms with E-state index in [1.165, 1.54) is 6.07 Å². The molecule has 0 aliphatic heterocycles. The maximum absolute atomic E-state index is 13.6. The van der Waals surface area contributed by atoms with Crippen molar-refractivity contribution in [1.29, 1.82) is 0 Å². The molecule has 0 saturated heterocycles. The number of nitrogens with one attached hydrogen (secondary N) is 1. The van der Waals surface area contributed by atoms with Crippen molar-refractivity contribution >= 4 is 0 Å². The Hall–Kier alpha value is -1.87. The van der Waals surface area contributed by atoms with Gasteiger partial charge in [0.2, 0.25) is 0 Å². The summed E-state index contributed by atoms with van der Waals surface area (Å²) in [6, 6.07) is 12.8. The molecule has 21 heavy (non-hydrogen) atoms. The Morgan fingerprint density at radius 1 is 1.10 bits per heavy atom. The third-order valence-corrected chi connectivity index (χ3v) is 3.40. The number of halogens is 1. The third kappa shape index (κ3) is 3.82. The van der Waals surface area contributed by atoms with Crippen molar-refractivity contribution in [2.24, 2.45) is 0 Å². The van der Waals surface area contributed by atoms with Crippen molar-refractivity contribution in [2.75, 3.05) is 7.05 Å². The molecule has 0 aliphatic rings. The molecule has 1 unspecified atom stereocenters. The van der Waals surface area contributed by atoms with Crippen LogP contribution in [0, 0.1) is 12.7 Å². The Bertz CT molecular complexity index is 610. The lowest BCUT2D eigenvalue weighted by Crippen LogP contribution is -2.19. The van der Waals surface area contributed by atoms with Crippen LogP contribution in [0.3, 0.4) is 0 Å². The Kier molecular flexibility index (Phi) is 4.97. The van der Waals surface area contributed by atoms with Crippen molar-refractivity contribution < 1.29 is 9.13 Å². The largest absolute Gasteiger partial charge is 0.491 e. The zero-order chi connectivity index (χ0) is 15.4. The van der Waals surface area contributed by atoms with Gasteiger partial charge >= 0.3 is 0 Å². The first-order valence-corrected chi connectivity index (χ1v) is 7.21. The standard InChI is InChI=1S/C18H22FNO/c1-12(2)21-16-7-5-6-14(10-16)18(20-4)17-11-15(19)9-8-13(17)3/h5-12,18,20H,1-4H3. The van der Waals surface area contributed by atoms with E-state index in [1.54, 1.807) is 6.07 Å². The highest BCUT2D eigenvalue weighted by Crippen LogP contribution is 2.28. The van der Waals surface area contributed by atoms with Crippen LogP contribution < -0.4 is 10.1 Å². The highest BCUT2D eigenvalue weighted by molar-refractivity contribution is 5.40. The van der Waals surface area contributed by atoms with Gasteiger partial charge in [-0.2, -0.15) is 0 Å². The van der Waals surface area contributed by atoms with Crippen LogP contribution in [0.4, 0.5) is 4.39 Å². The Labute approximate surface area is 126 Å². The van der Waals surface area contributed by atoms with E-state index < -0.39 is 0 Å². The van der Waals surface area contributed by atoms with Crippen molar-refractivity contribution in [1.82, 2.24) is 5.32 Å². The number of benzene rings is 2. The van der Waals surface area contributed by atoms with Crippen molar-refractivity contribution in [3.05, 3.63) is 65.0 Å². The zero-order valence-electron chi connectivity index (χ0n) is 13.0. The first-order chi connectivity index (χ1) is 10.0. The molecule has 0 saturated carbocycles. The summed E-state index contributed by atoms with van der Waals surface area (Å²) >= 11 is 0. The number of hydrogen-bond acceptors (Lipinski definition) is 2. The molecule has 3 heteroatoms. The highest BCUT2D eigenvalue weighted by atomic mass is 19.1. The SMILES string of the molecule is CNC(c1cccc(OC(C)C)c1)c1cc(F)ccc1C. The molecule has 112 valence electrons. The summed E-state index contributed by atoms with van der Waals surface area (Å²) in [7, 11) is 1.88. The second kappa shape index (κ2) is 6.72. The Morgan fingerprint density at radius 3 is 2.52 bits per heavy atom. The van der Waals surface area contributed by atoms with Gasteiger partial charge < -0.3 is 10.1 Å². The normalized spacial score (nSPS) is 12.5. The van der Waals surface area contributed by atoms with Gasteiger partial charge in [-0.25, -0.2) is 4.39 Å². The van der Waals surface area contributed by atoms with Gasteiger partial charge in [0.15, 0.2) is 0 Å². The van der Waals surface area contributed by atoms with Crippen molar-refractivity contribution in [3.8, 4) is 5.75 Å². The van der Waals surface area contributed by atoms with E-state index in [0.29, 0.717) is 0 Å². The smallest absolute Gasteiger partial charge is 0.123 e. The van der Waals surface area contributed by atoms with Crippen molar-refractivity contribution in [2.45, 2.75) is 32.9 Å². The summed E-state index contributed by atoms with van der Waals surface area (Å²) in [4.78, 5) is 0. The molecule has 0 heterocycles. The molecule has 1 atom stereocenters. The van der Waals surface area contributed by atoms with E-state index in [-0.39, 0.29) is 18.0 Å². The van der Waals surface area contributed by atoms with E-state index in [1.807, 2.05) is 58.2 Å². The van der Waals surface area contributed by atoms with Gasteiger partial charge in [0.05, 0.1) is 12.1 Å². The average molecular weight is 287 g/mol. The van der Waals surface area contributed by atoms with Crippen LogP contribution in [0.1, 0.15) is 36.6 Å². The van der Waals surface area contributed by atoms with E-state index in [2.05, 4.69) is 5.32 Å². The number of hydrogen-bond donors (Lipinski definition) is 1. The van der Waals surface area contributed by atoms with Crippen LogP contribution in [0.15, 0.2) is 42.5 Å². The minimum Gasteiger partial charge on any atom is -0.491 e. The van der Waals surface area contributed by atoms with E-state index in [4.69, 9.17) is 4.74 Å². The first kappa shape index (κ1) is 15.5. The molecule has 0 aliphatic carbocycles. The van der Waals surface area contributed by atoms with Gasteiger partial charge in [0.25, 0.3) is 0 Å². The first-order valence-electron chi connectivity index (χ1n) is 7.21. The van der Waals surface area contributed by atoms with E-state index in [9.17, 15) is 4.39 Å². The van der Waals surface area contributed by atoms with Gasteiger partial charge in [0, 0.05) is 0 Å².